The lowest BCUT2D eigenvalue weighted by atomic mass is 10.1. The molecule has 3 aromatic rings. The standard InChI is InChI=1S/C22H25N3O4S/c1-28-20-13-19-18(12-21(20)29-17-8-10-25(11-9-17)30(2)27)22(26)24(15-23-19)14-16-6-4-3-5-7-16/h3-7,12-13,15,17H,8-11,14H2,1-2H3. The van der Waals surface area contributed by atoms with Crippen LogP contribution in [0.1, 0.15) is 18.4 Å². The van der Waals surface area contributed by atoms with E-state index in [4.69, 9.17) is 9.47 Å². The van der Waals surface area contributed by atoms with Gasteiger partial charge in [-0.15, -0.1) is 0 Å². The lowest BCUT2D eigenvalue weighted by Crippen LogP contribution is -2.38. The molecule has 1 fully saturated rings. The summed E-state index contributed by atoms with van der Waals surface area (Å²) >= 11 is 0. The van der Waals surface area contributed by atoms with E-state index in [1.165, 1.54) is 0 Å². The number of fused-ring (bicyclic) bond motifs is 1. The molecule has 0 spiro atoms. The molecule has 1 aromatic heterocycles. The normalized spacial score (nSPS) is 16.5. The topological polar surface area (TPSA) is 73.7 Å². The number of hydrogen-bond donors (Lipinski definition) is 0. The molecule has 0 N–H and O–H groups in total. The first-order valence-corrected chi connectivity index (χ1v) is 11.4. The van der Waals surface area contributed by atoms with Crippen molar-refractivity contribution in [2.75, 3.05) is 26.5 Å². The molecule has 1 unspecified atom stereocenters. The Morgan fingerprint density at radius 1 is 1.13 bits per heavy atom. The van der Waals surface area contributed by atoms with Gasteiger partial charge in [0, 0.05) is 25.4 Å². The molecule has 8 heteroatoms. The summed E-state index contributed by atoms with van der Waals surface area (Å²) in [6, 6.07) is 13.3. The fourth-order valence-corrected chi connectivity index (χ4v) is 4.42. The van der Waals surface area contributed by atoms with Crippen molar-refractivity contribution in [1.82, 2.24) is 13.9 Å². The molecular weight excluding hydrogens is 402 g/mol. The molecule has 1 aliphatic rings. The van der Waals surface area contributed by atoms with Gasteiger partial charge in [-0.1, -0.05) is 30.3 Å². The highest BCUT2D eigenvalue weighted by molar-refractivity contribution is 7.81. The molecule has 7 nitrogen and oxygen atoms in total. The van der Waals surface area contributed by atoms with Crippen LogP contribution in [0.2, 0.25) is 0 Å². The fraction of sp³-hybridized carbons (Fsp3) is 0.364. The second-order valence-electron chi connectivity index (χ2n) is 7.35. The quantitative estimate of drug-likeness (QED) is 0.605. The SMILES string of the molecule is COc1cc2ncn(Cc3ccccc3)c(=O)c2cc1OC1CCN(S(C)=O)CC1. The van der Waals surface area contributed by atoms with Gasteiger partial charge in [0.05, 0.1) is 41.9 Å². The van der Waals surface area contributed by atoms with E-state index in [0.717, 1.165) is 31.5 Å². The Morgan fingerprint density at radius 2 is 1.87 bits per heavy atom. The summed E-state index contributed by atoms with van der Waals surface area (Å²) in [4.78, 5) is 17.5. The highest BCUT2D eigenvalue weighted by atomic mass is 32.2. The van der Waals surface area contributed by atoms with Gasteiger partial charge in [0.25, 0.3) is 5.56 Å². The maximum Gasteiger partial charge on any atom is 0.261 e. The highest BCUT2D eigenvalue weighted by Gasteiger charge is 2.24. The largest absolute Gasteiger partial charge is 0.493 e. The van der Waals surface area contributed by atoms with E-state index in [0.29, 0.717) is 28.9 Å². The van der Waals surface area contributed by atoms with Gasteiger partial charge in [0.1, 0.15) is 6.10 Å². The Kier molecular flexibility index (Phi) is 6.15. The average Bonchev–Trinajstić information content (AvgIpc) is 2.77. The number of aromatic nitrogens is 2. The van der Waals surface area contributed by atoms with E-state index in [-0.39, 0.29) is 11.7 Å². The van der Waals surface area contributed by atoms with Crippen LogP contribution in [0, 0.1) is 0 Å². The first-order chi connectivity index (χ1) is 14.5. The summed E-state index contributed by atoms with van der Waals surface area (Å²) in [6.45, 7) is 1.89. The lowest BCUT2D eigenvalue weighted by molar-refractivity contribution is 0.133. The van der Waals surface area contributed by atoms with E-state index in [1.807, 2.05) is 34.6 Å². The van der Waals surface area contributed by atoms with E-state index in [9.17, 15) is 9.00 Å². The minimum absolute atomic E-state index is 0.0145. The maximum absolute atomic E-state index is 13.1. The summed E-state index contributed by atoms with van der Waals surface area (Å²) in [6.07, 6.45) is 4.79. The molecule has 0 radical (unpaired) electrons. The molecule has 1 aliphatic heterocycles. The monoisotopic (exact) mass is 427 g/mol. The van der Waals surface area contributed by atoms with Crippen LogP contribution in [0.4, 0.5) is 0 Å². The van der Waals surface area contributed by atoms with Gasteiger partial charge < -0.3 is 9.47 Å². The zero-order chi connectivity index (χ0) is 21.1. The molecule has 30 heavy (non-hydrogen) atoms. The predicted octanol–water partition coefficient (Wildman–Crippen LogP) is 2.59. The minimum atomic E-state index is -0.960. The number of ether oxygens (including phenoxy) is 2. The zero-order valence-corrected chi connectivity index (χ0v) is 17.9. The fourth-order valence-electron chi connectivity index (χ4n) is 3.70. The Labute approximate surface area is 177 Å². The van der Waals surface area contributed by atoms with Crippen LogP contribution in [-0.4, -0.2) is 50.6 Å². The second-order valence-corrected chi connectivity index (χ2v) is 8.72. The van der Waals surface area contributed by atoms with Crippen molar-refractivity contribution in [2.45, 2.75) is 25.5 Å². The number of methoxy groups -OCH3 is 1. The van der Waals surface area contributed by atoms with Gasteiger partial charge in [-0.05, 0) is 24.5 Å². The van der Waals surface area contributed by atoms with Gasteiger partial charge in [0.2, 0.25) is 0 Å². The molecule has 0 saturated carbocycles. The van der Waals surface area contributed by atoms with E-state index in [1.54, 1.807) is 36.4 Å². The number of hydrogen-bond acceptors (Lipinski definition) is 5. The molecule has 0 aliphatic carbocycles. The van der Waals surface area contributed by atoms with Crippen molar-refractivity contribution >= 4 is 21.9 Å². The molecule has 2 heterocycles. The maximum atomic E-state index is 13.1. The number of piperidine rings is 1. The second kappa shape index (κ2) is 8.97. The van der Waals surface area contributed by atoms with Crippen LogP contribution in [0.3, 0.4) is 0 Å². The third-order valence-corrected chi connectivity index (χ3v) is 6.46. The molecule has 4 rings (SSSR count). The van der Waals surface area contributed by atoms with Gasteiger partial charge in [-0.2, -0.15) is 0 Å². The van der Waals surface area contributed by atoms with Gasteiger partial charge in [-0.3, -0.25) is 9.36 Å². The molecule has 0 amide bonds. The van der Waals surface area contributed by atoms with Crippen molar-refractivity contribution in [3.05, 3.63) is 64.7 Å². The van der Waals surface area contributed by atoms with Crippen LogP contribution in [-0.2, 0) is 17.5 Å². The Morgan fingerprint density at radius 3 is 2.53 bits per heavy atom. The summed E-state index contributed by atoms with van der Waals surface area (Å²) in [5.74, 6) is 1.09. The van der Waals surface area contributed by atoms with Gasteiger partial charge in [-0.25, -0.2) is 13.5 Å². The van der Waals surface area contributed by atoms with Crippen molar-refractivity contribution in [3.63, 3.8) is 0 Å². The molecule has 2 aromatic carbocycles. The smallest absolute Gasteiger partial charge is 0.261 e. The number of benzene rings is 2. The summed E-state index contributed by atoms with van der Waals surface area (Å²) < 4.78 is 26.9. The summed E-state index contributed by atoms with van der Waals surface area (Å²) in [7, 11) is 0.617. The van der Waals surface area contributed by atoms with Gasteiger partial charge >= 0.3 is 0 Å². The highest BCUT2D eigenvalue weighted by Crippen LogP contribution is 2.32. The molecule has 1 atom stereocenters. The lowest BCUT2D eigenvalue weighted by Gasteiger charge is -2.30. The third kappa shape index (κ3) is 4.39. The zero-order valence-electron chi connectivity index (χ0n) is 17.1. The number of rotatable bonds is 6. The van der Waals surface area contributed by atoms with Crippen molar-refractivity contribution < 1.29 is 13.7 Å². The Bertz CT molecular complexity index is 1110. The Balaban J connectivity index is 1.62. The first kappa shape index (κ1) is 20.6. The van der Waals surface area contributed by atoms with Crippen molar-refractivity contribution in [1.29, 1.82) is 0 Å². The Hall–Kier alpha value is -2.71. The average molecular weight is 428 g/mol. The third-order valence-electron chi connectivity index (χ3n) is 5.36. The van der Waals surface area contributed by atoms with Crippen LogP contribution < -0.4 is 15.0 Å². The van der Waals surface area contributed by atoms with Crippen LogP contribution in [0.25, 0.3) is 10.9 Å². The summed E-state index contributed by atoms with van der Waals surface area (Å²) in [5.41, 5.74) is 1.49. The van der Waals surface area contributed by atoms with E-state index < -0.39 is 11.0 Å². The van der Waals surface area contributed by atoms with Crippen LogP contribution >= 0.6 is 0 Å². The summed E-state index contributed by atoms with van der Waals surface area (Å²) in [5, 5.41) is 0.497. The first-order valence-electron chi connectivity index (χ1n) is 9.91. The van der Waals surface area contributed by atoms with E-state index in [2.05, 4.69) is 4.98 Å². The van der Waals surface area contributed by atoms with Crippen LogP contribution in [0.15, 0.2) is 53.6 Å². The number of nitrogens with zero attached hydrogens (tertiary/aromatic N) is 3. The van der Waals surface area contributed by atoms with Gasteiger partial charge in [0.15, 0.2) is 11.5 Å². The molecule has 0 bridgehead atoms. The molecular formula is C22H25N3O4S. The van der Waals surface area contributed by atoms with Crippen molar-refractivity contribution in [2.24, 2.45) is 0 Å². The predicted molar refractivity (Wildman–Crippen MR) is 117 cm³/mol. The van der Waals surface area contributed by atoms with Crippen molar-refractivity contribution in [3.8, 4) is 11.5 Å². The molecule has 1 saturated heterocycles. The van der Waals surface area contributed by atoms with Crippen LogP contribution in [0.5, 0.6) is 11.5 Å². The van der Waals surface area contributed by atoms with E-state index >= 15 is 0 Å². The minimum Gasteiger partial charge on any atom is -0.493 e. The molecule has 158 valence electrons.